The number of hydrogen-bond acceptors (Lipinski definition) is 5. The molecule has 3 N–H and O–H groups in total. The minimum atomic E-state index is 0. The van der Waals surface area contributed by atoms with Crippen LogP contribution < -0.4 is 20.1 Å². The van der Waals surface area contributed by atoms with E-state index in [1.807, 2.05) is 24.3 Å². The van der Waals surface area contributed by atoms with Crippen LogP contribution in [0.25, 0.3) is 0 Å². The number of phenols is 1. The van der Waals surface area contributed by atoms with E-state index < -0.39 is 0 Å². The van der Waals surface area contributed by atoms with Crippen LogP contribution in [0.2, 0.25) is 0 Å². The number of methoxy groups -OCH3 is 2. The number of phenolic OH excluding ortho intramolecular Hbond substituents is 1. The van der Waals surface area contributed by atoms with Gasteiger partial charge in [-0.05, 0) is 68.6 Å². The largest absolute Gasteiger partial charge is 0.504 e. The molecule has 2 aromatic carbocycles. The summed E-state index contributed by atoms with van der Waals surface area (Å²) in [4.78, 5) is 7.42. The fraction of sp³-hybridized carbons (Fsp3) is 0.480. The molecule has 3 rings (SSSR count). The maximum Gasteiger partial charge on any atom is 0.191 e. The molecule has 1 aliphatic rings. The molecule has 0 aromatic heterocycles. The van der Waals surface area contributed by atoms with Crippen LogP contribution in [0.4, 0.5) is 0 Å². The van der Waals surface area contributed by atoms with Crippen LogP contribution in [0, 0.1) is 0 Å². The molecule has 1 aliphatic heterocycles. The first-order chi connectivity index (χ1) is 15.7. The van der Waals surface area contributed by atoms with Crippen LogP contribution in [-0.4, -0.2) is 62.9 Å². The van der Waals surface area contributed by atoms with Crippen molar-refractivity contribution in [3.8, 4) is 17.2 Å². The van der Waals surface area contributed by atoms with Gasteiger partial charge in [0.15, 0.2) is 17.5 Å². The number of hydrogen-bond donors (Lipinski definition) is 3. The summed E-state index contributed by atoms with van der Waals surface area (Å²) in [5.74, 6) is 2.35. The van der Waals surface area contributed by atoms with Crippen LogP contribution in [0.1, 0.15) is 36.9 Å². The third kappa shape index (κ3) is 7.67. The molecular weight excluding hydrogens is 531 g/mol. The number of nitrogens with one attached hydrogen (secondary N) is 2. The molecule has 0 aliphatic carbocycles. The highest BCUT2D eigenvalue weighted by Gasteiger charge is 2.23. The van der Waals surface area contributed by atoms with E-state index in [-0.39, 0.29) is 35.8 Å². The molecule has 0 amide bonds. The second-order valence-electron chi connectivity index (χ2n) is 7.90. The first-order valence-electron chi connectivity index (χ1n) is 11.4. The van der Waals surface area contributed by atoms with Crippen molar-refractivity contribution in [3.05, 3.63) is 53.6 Å². The van der Waals surface area contributed by atoms with Gasteiger partial charge in [0.05, 0.1) is 26.8 Å². The highest BCUT2D eigenvalue weighted by molar-refractivity contribution is 14.0. The molecule has 1 unspecified atom stereocenters. The molecule has 0 saturated carbocycles. The molecule has 0 bridgehead atoms. The van der Waals surface area contributed by atoms with Crippen LogP contribution in [0.15, 0.2) is 47.5 Å². The number of nitrogens with zero attached hydrogens (tertiary/aromatic N) is 2. The van der Waals surface area contributed by atoms with Crippen molar-refractivity contribution >= 4 is 29.9 Å². The van der Waals surface area contributed by atoms with E-state index >= 15 is 0 Å². The standard InChI is InChI=1S/C25H36N4O3.HI/c1-4-26-25(27-15-14-20-8-7-9-23(32-3)24(20)30)28-18-22(29-16-5-6-17-29)19-10-12-21(31-2)13-11-19;/h7-13,22,30H,4-6,14-18H2,1-3H3,(H2,26,27,28);1H. The Morgan fingerprint density at radius 2 is 1.79 bits per heavy atom. The minimum Gasteiger partial charge on any atom is -0.504 e. The van der Waals surface area contributed by atoms with Gasteiger partial charge < -0.3 is 25.2 Å². The molecule has 7 nitrogen and oxygen atoms in total. The minimum absolute atomic E-state index is 0. The molecule has 1 fully saturated rings. The van der Waals surface area contributed by atoms with Crippen molar-refractivity contribution in [3.63, 3.8) is 0 Å². The highest BCUT2D eigenvalue weighted by atomic mass is 127. The SMILES string of the molecule is CCNC(=NCC(c1ccc(OC)cc1)N1CCCC1)NCCc1cccc(OC)c1O.I. The zero-order chi connectivity index (χ0) is 22.8. The summed E-state index contributed by atoms with van der Waals surface area (Å²) in [6.45, 7) is 6.38. The smallest absolute Gasteiger partial charge is 0.191 e. The number of para-hydroxylation sites is 1. The number of aliphatic imine (C=N–C) groups is 1. The average molecular weight is 569 g/mol. The normalized spacial score (nSPS) is 14.9. The predicted octanol–water partition coefficient (Wildman–Crippen LogP) is 3.96. The maximum absolute atomic E-state index is 10.3. The lowest BCUT2D eigenvalue weighted by molar-refractivity contribution is 0.251. The third-order valence-electron chi connectivity index (χ3n) is 5.84. The van der Waals surface area contributed by atoms with Gasteiger partial charge in [0.1, 0.15) is 5.75 Å². The average Bonchev–Trinajstić information content (AvgIpc) is 3.35. The molecule has 0 spiro atoms. The Morgan fingerprint density at radius 1 is 1.06 bits per heavy atom. The third-order valence-corrected chi connectivity index (χ3v) is 5.84. The molecule has 1 atom stereocenters. The lowest BCUT2D eigenvalue weighted by Gasteiger charge is -2.27. The Balaban J connectivity index is 0.00000385. The number of rotatable bonds is 10. The van der Waals surface area contributed by atoms with E-state index in [1.165, 1.54) is 18.4 Å². The lowest BCUT2D eigenvalue weighted by atomic mass is 10.1. The maximum atomic E-state index is 10.3. The summed E-state index contributed by atoms with van der Waals surface area (Å²) in [7, 11) is 3.25. The fourth-order valence-corrected chi connectivity index (χ4v) is 4.08. The number of likely N-dealkylation sites (tertiary alicyclic amines) is 1. The first kappa shape index (κ1) is 27.0. The van der Waals surface area contributed by atoms with E-state index in [9.17, 15) is 5.11 Å². The van der Waals surface area contributed by atoms with Crippen LogP contribution in [0.3, 0.4) is 0 Å². The van der Waals surface area contributed by atoms with Gasteiger partial charge in [0.2, 0.25) is 0 Å². The summed E-state index contributed by atoms with van der Waals surface area (Å²) < 4.78 is 10.5. The van der Waals surface area contributed by atoms with Gasteiger partial charge in [-0.3, -0.25) is 9.89 Å². The summed E-state index contributed by atoms with van der Waals surface area (Å²) in [6.07, 6.45) is 3.14. The summed E-state index contributed by atoms with van der Waals surface area (Å²) in [5.41, 5.74) is 2.11. The van der Waals surface area contributed by atoms with Crippen molar-refractivity contribution in [2.75, 3.05) is 46.9 Å². The lowest BCUT2D eigenvalue weighted by Crippen LogP contribution is -2.39. The molecule has 182 valence electrons. The summed E-state index contributed by atoms with van der Waals surface area (Å²) >= 11 is 0. The van der Waals surface area contributed by atoms with Crippen LogP contribution in [0.5, 0.6) is 17.2 Å². The van der Waals surface area contributed by atoms with Crippen molar-refractivity contribution in [2.24, 2.45) is 4.99 Å². The monoisotopic (exact) mass is 568 g/mol. The van der Waals surface area contributed by atoms with Crippen molar-refractivity contribution in [1.82, 2.24) is 15.5 Å². The zero-order valence-electron chi connectivity index (χ0n) is 19.8. The Hall–Kier alpha value is -2.20. The van der Waals surface area contributed by atoms with Gasteiger partial charge >= 0.3 is 0 Å². The van der Waals surface area contributed by atoms with Gasteiger partial charge in [0, 0.05) is 13.1 Å². The Bertz CT molecular complexity index is 870. The molecule has 1 saturated heterocycles. The summed E-state index contributed by atoms with van der Waals surface area (Å²) in [5, 5.41) is 17.0. The number of aromatic hydroxyl groups is 1. The number of halogens is 1. The highest BCUT2D eigenvalue weighted by Crippen LogP contribution is 2.29. The fourth-order valence-electron chi connectivity index (χ4n) is 4.08. The van der Waals surface area contributed by atoms with Gasteiger partial charge in [-0.15, -0.1) is 24.0 Å². The van der Waals surface area contributed by atoms with Crippen LogP contribution >= 0.6 is 24.0 Å². The Labute approximate surface area is 214 Å². The van der Waals surface area contributed by atoms with Gasteiger partial charge in [0.25, 0.3) is 0 Å². The molecule has 8 heteroatoms. The number of ether oxygens (including phenoxy) is 2. The van der Waals surface area contributed by atoms with E-state index in [1.54, 1.807) is 20.3 Å². The van der Waals surface area contributed by atoms with Crippen LogP contribution in [-0.2, 0) is 6.42 Å². The van der Waals surface area contributed by atoms with Gasteiger partial charge in [-0.2, -0.15) is 0 Å². The first-order valence-corrected chi connectivity index (χ1v) is 11.4. The topological polar surface area (TPSA) is 78.4 Å². The van der Waals surface area contributed by atoms with Crippen molar-refractivity contribution in [1.29, 1.82) is 0 Å². The zero-order valence-corrected chi connectivity index (χ0v) is 22.2. The Kier molecular flexibility index (Phi) is 11.6. The second kappa shape index (κ2) is 14.1. The Morgan fingerprint density at radius 3 is 2.42 bits per heavy atom. The van der Waals surface area contributed by atoms with E-state index in [0.717, 1.165) is 36.9 Å². The predicted molar refractivity (Wildman–Crippen MR) is 144 cm³/mol. The van der Waals surface area contributed by atoms with E-state index in [2.05, 4.69) is 34.6 Å². The van der Waals surface area contributed by atoms with E-state index in [4.69, 9.17) is 14.5 Å². The molecule has 33 heavy (non-hydrogen) atoms. The molecule has 2 aromatic rings. The number of benzene rings is 2. The van der Waals surface area contributed by atoms with Gasteiger partial charge in [-0.1, -0.05) is 24.3 Å². The molecule has 1 heterocycles. The van der Waals surface area contributed by atoms with E-state index in [0.29, 0.717) is 25.3 Å². The molecule has 0 radical (unpaired) electrons. The second-order valence-corrected chi connectivity index (χ2v) is 7.90. The van der Waals surface area contributed by atoms with Crippen molar-refractivity contribution < 1.29 is 14.6 Å². The van der Waals surface area contributed by atoms with Crippen molar-refractivity contribution in [2.45, 2.75) is 32.2 Å². The number of guanidine groups is 1. The quantitative estimate of drug-likeness (QED) is 0.229. The molecular formula is C25H37IN4O3. The summed E-state index contributed by atoms with van der Waals surface area (Å²) in [6, 6.07) is 14.1. The van der Waals surface area contributed by atoms with Gasteiger partial charge in [-0.25, -0.2) is 0 Å².